The van der Waals surface area contributed by atoms with E-state index in [9.17, 15) is 19.5 Å². The predicted octanol–water partition coefficient (Wildman–Crippen LogP) is 4.66. The molecule has 168 valence electrons. The monoisotopic (exact) mass is 451 g/mol. The number of hydrogen-bond donors (Lipinski definition) is 2. The zero-order chi connectivity index (χ0) is 23.6. The van der Waals surface area contributed by atoms with Crippen LogP contribution in [0.2, 0.25) is 0 Å². The van der Waals surface area contributed by atoms with Gasteiger partial charge in [0.05, 0.1) is 11.3 Å². The Morgan fingerprint density at radius 1 is 0.971 bits per heavy atom. The first-order chi connectivity index (χ1) is 16.4. The van der Waals surface area contributed by atoms with Crippen LogP contribution in [0.3, 0.4) is 0 Å². The molecule has 1 saturated heterocycles. The van der Waals surface area contributed by atoms with Crippen molar-refractivity contribution in [1.29, 1.82) is 0 Å². The third-order valence-electron chi connectivity index (χ3n) is 6.81. The number of nitrogens with one attached hydrogen (secondary N) is 1. The van der Waals surface area contributed by atoms with Crippen LogP contribution in [0.1, 0.15) is 38.8 Å². The molecule has 2 aliphatic heterocycles. The van der Waals surface area contributed by atoms with Gasteiger partial charge < -0.3 is 10.1 Å². The normalized spacial score (nSPS) is 19.4. The number of anilines is 1. The average Bonchev–Trinajstić information content (AvgIpc) is 3.33. The number of nitrogens with zero attached hydrogens (tertiary/aromatic N) is 2. The summed E-state index contributed by atoms with van der Waals surface area (Å²) in [5.41, 5.74) is 5.44. The molecule has 3 aromatic carbocycles. The number of para-hydroxylation sites is 1. The number of carbonyl (C=O) groups is 3. The molecule has 0 spiro atoms. The number of benzene rings is 3. The van der Waals surface area contributed by atoms with Crippen molar-refractivity contribution in [2.45, 2.75) is 25.4 Å². The minimum absolute atomic E-state index is 0.0968. The van der Waals surface area contributed by atoms with Crippen molar-refractivity contribution in [3.05, 3.63) is 101 Å². The lowest BCUT2D eigenvalue weighted by Gasteiger charge is -2.36. The number of amides is 3. The van der Waals surface area contributed by atoms with Gasteiger partial charge in [0.2, 0.25) is 0 Å². The second-order valence-electron chi connectivity index (χ2n) is 8.81. The van der Waals surface area contributed by atoms with Crippen molar-refractivity contribution >= 4 is 34.5 Å². The first-order valence-corrected chi connectivity index (χ1v) is 11.1. The molecule has 0 aliphatic carbocycles. The quantitative estimate of drug-likeness (QED) is 0.443. The van der Waals surface area contributed by atoms with E-state index in [1.165, 1.54) is 29.2 Å². The summed E-state index contributed by atoms with van der Waals surface area (Å²) < 4.78 is 0. The van der Waals surface area contributed by atoms with Crippen LogP contribution in [0.4, 0.5) is 10.5 Å². The number of aromatic carboxylic acids is 1. The molecule has 7 nitrogen and oxygen atoms in total. The fraction of sp³-hybridized carbons (Fsp3) is 0.148. The molecule has 2 N–H and O–H groups in total. The summed E-state index contributed by atoms with van der Waals surface area (Å²) in [5, 5.41) is 10.3. The molecule has 2 atom stereocenters. The van der Waals surface area contributed by atoms with Crippen molar-refractivity contribution in [1.82, 2.24) is 9.88 Å². The molecule has 3 amide bonds. The number of carbonyl (C=O) groups excluding carboxylic acids is 2. The van der Waals surface area contributed by atoms with Crippen LogP contribution in [-0.4, -0.2) is 38.9 Å². The highest BCUT2D eigenvalue weighted by molar-refractivity contribution is 6.22. The fourth-order valence-electron chi connectivity index (χ4n) is 5.16. The summed E-state index contributed by atoms with van der Waals surface area (Å²) in [6.45, 7) is 2.01. The van der Waals surface area contributed by atoms with Crippen molar-refractivity contribution < 1.29 is 19.5 Å². The van der Waals surface area contributed by atoms with Crippen LogP contribution in [0.15, 0.2) is 72.8 Å². The Kier molecular flexibility index (Phi) is 4.35. The number of aromatic amines is 1. The van der Waals surface area contributed by atoms with Gasteiger partial charge in [0, 0.05) is 23.0 Å². The van der Waals surface area contributed by atoms with Crippen LogP contribution in [0.25, 0.3) is 10.9 Å². The van der Waals surface area contributed by atoms with Gasteiger partial charge in [-0.05, 0) is 48.4 Å². The summed E-state index contributed by atoms with van der Waals surface area (Å²) in [4.78, 5) is 44.9. The minimum Gasteiger partial charge on any atom is -0.478 e. The highest BCUT2D eigenvalue weighted by Crippen LogP contribution is 2.44. The lowest BCUT2D eigenvalue weighted by molar-refractivity contribution is -0.120. The molecule has 3 heterocycles. The Labute approximate surface area is 195 Å². The molecule has 7 heteroatoms. The van der Waals surface area contributed by atoms with E-state index in [0.717, 1.165) is 33.3 Å². The van der Waals surface area contributed by atoms with Gasteiger partial charge in [-0.3, -0.25) is 9.69 Å². The summed E-state index contributed by atoms with van der Waals surface area (Å²) >= 11 is 0. The van der Waals surface area contributed by atoms with Gasteiger partial charge in [0.15, 0.2) is 0 Å². The zero-order valence-corrected chi connectivity index (χ0v) is 18.4. The standard InChI is InChI=1S/C27H21N3O4/c1-15-6-8-16(9-7-15)24-23-20(19-4-2-3-5-21(19)28-23)14-22-25(31)29(27(34)30(22)24)18-12-10-17(11-13-18)26(32)33/h2-13,22,24,28H,14H2,1H3,(H,32,33)/t22-,24+/m0/s1. The first-order valence-electron chi connectivity index (χ1n) is 11.1. The number of aryl methyl sites for hydroxylation is 1. The Morgan fingerprint density at radius 2 is 1.68 bits per heavy atom. The Hall–Kier alpha value is -4.39. The molecule has 34 heavy (non-hydrogen) atoms. The fourth-order valence-corrected chi connectivity index (χ4v) is 5.16. The van der Waals surface area contributed by atoms with Crippen molar-refractivity contribution in [3.63, 3.8) is 0 Å². The Morgan fingerprint density at radius 3 is 2.38 bits per heavy atom. The second-order valence-corrected chi connectivity index (χ2v) is 8.81. The number of carboxylic acids is 1. The van der Waals surface area contributed by atoms with Crippen LogP contribution in [-0.2, 0) is 11.2 Å². The third-order valence-corrected chi connectivity index (χ3v) is 6.81. The van der Waals surface area contributed by atoms with Crippen molar-refractivity contribution in [2.24, 2.45) is 0 Å². The van der Waals surface area contributed by atoms with E-state index in [2.05, 4.69) is 4.98 Å². The average molecular weight is 451 g/mol. The SMILES string of the molecule is Cc1ccc([C@@H]2c3[nH]c4ccccc4c3C[C@H]3C(=O)N(c4ccc(C(=O)O)cc4)C(=O)N23)cc1. The number of hydrogen-bond acceptors (Lipinski definition) is 3. The van der Waals surface area contributed by atoms with Gasteiger partial charge in [-0.1, -0.05) is 48.0 Å². The number of rotatable bonds is 3. The van der Waals surface area contributed by atoms with Gasteiger partial charge in [-0.2, -0.15) is 0 Å². The smallest absolute Gasteiger partial charge is 0.335 e. The summed E-state index contributed by atoms with van der Waals surface area (Å²) in [6, 6.07) is 20.3. The van der Waals surface area contributed by atoms with Crippen LogP contribution in [0.5, 0.6) is 0 Å². The summed E-state index contributed by atoms with van der Waals surface area (Å²) in [6.07, 6.45) is 0.413. The molecule has 0 unspecified atom stereocenters. The van der Waals surface area contributed by atoms with E-state index >= 15 is 0 Å². The van der Waals surface area contributed by atoms with Crippen LogP contribution < -0.4 is 4.90 Å². The molecule has 1 fully saturated rings. The number of carboxylic acid groups (broad SMARTS) is 1. The van der Waals surface area contributed by atoms with Crippen molar-refractivity contribution in [3.8, 4) is 0 Å². The van der Waals surface area contributed by atoms with Crippen LogP contribution in [0, 0.1) is 6.92 Å². The van der Waals surface area contributed by atoms with Crippen LogP contribution >= 0.6 is 0 Å². The minimum atomic E-state index is -1.06. The zero-order valence-electron chi connectivity index (χ0n) is 18.4. The van der Waals surface area contributed by atoms with E-state index in [0.29, 0.717) is 12.1 Å². The number of urea groups is 1. The molecule has 2 aliphatic rings. The lowest BCUT2D eigenvalue weighted by atomic mass is 9.88. The molecule has 1 aromatic heterocycles. The third kappa shape index (κ3) is 2.86. The highest BCUT2D eigenvalue weighted by Gasteiger charge is 2.53. The topological polar surface area (TPSA) is 93.7 Å². The van der Waals surface area contributed by atoms with E-state index in [-0.39, 0.29) is 11.5 Å². The van der Waals surface area contributed by atoms with Gasteiger partial charge in [-0.25, -0.2) is 14.5 Å². The summed E-state index contributed by atoms with van der Waals surface area (Å²) in [7, 11) is 0. The number of fused-ring (bicyclic) bond motifs is 4. The molecule has 0 saturated carbocycles. The van der Waals surface area contributed by atoms with Gasteiger partial charge in [-0.15, -0.1) is 0 Å². The maximum atomic E-state index is 13.7. The van der Waals surface area contributed by atoms with E-state index < -0.39 is 24.1 Å². The first kappa shape index (κ1) is 20.2. The van der Waals surface area contributed by atoms with E-state index in [1.54, 1.807) is 4.90 Å². The number of aromatic nitrogens is 1. The largest absolute Gasteiger partial charge is 0.478 e. The molecule has 0 bridgehead atoms. The lowest BCUT2D eigenvalue weighted by Crippen LogP contribution is -2.44. The van der Waals surface area contributed by atoms with Crippen molar-refractivity contribution in [2.75, 3.05) is 4.90 Å². The van der Waals surface area contributed by atoms with Gasteiger partial charge in [0.1, 0.15) is 12.1 Å². The Bertz CT molecular complexity index is 1470. The summed E-state index contributed by atoms with van der Waals surface area (Å²) in [5.74, 6) is -1.37. The predicted molar refractivity (Wildman–Crippen MR) is 127 cm³/mol. The van der Waals surface area contributed by atoms with Gasteiger partial charge >= 0.3 is 12.0 Å². The molecule has 6 rings (SSSR count). The molecular weight excluding hydrogens is 430 g/mol. The highest BCUT2D eigenvalue weighted by atomic mass is 16.4. The van der Waals surface area contributed by atoms with E-state index in [1.807, 2.05) is 55.5 Å². The Balaban J connectivity index is 1.50. The molecular formula is C27H21N3O4. The molecule has 0 radical (unpaired) electrons. The second kappa shape index (κ2) is 7.31. The van der Waals surface area contributed by atoms with Gasteiger partial charge in [0.25, 0.3) is 5.91 Å². The number of imide groups is 1. The van der Waals surface area contributed by atoms with E-state index in [4.69, 9.17) is 0 Å². The number of H-pyrrole nitrogens is 1. The maximum absolute atomic E-state index is 13.7. The maximum Gasteiger partial charge on any atom is 0.335 e. The molecule has 4 aromatic rings.